The van der Waals surface area contributed by atoms with Gasteiger partial charge in [0.1, 0.15) is 5.54 Å². The van der Waals surface area contributed by atoms with Crippen molar-refractivity contribution in [3.8, 4) is 0 Å². The number of nitrogens with two attached hydrogens (primary N) is 1. The molecule has 1 aliphatic heterocycles. The molecule has 2 fully saturated rings. The second kappa shape index (κ2) is 8.36. The Kier molecular flexibility index (Phi) is 7.26. The van der Waals surface area contributed by atoms with Gasteiger partial charge in [-0.15, -0.1) is 12.4 Å². The van der Waals surface area contributed by atoms with Crippen LogP contribution in [0.2, 0.25) is 0 Å². The highest BCUT2D eigenvalue weighted by Crippen LogP contribution is 2.35. The topological polar surface area (TPSA) is 105 Å². The molecule has 1 saturated carbocycles. The standard InChI is InChI=1S/C17H30N4O3.ClH/c1-12(2)10-16(3,11-18)19-13(22)6-9-21-14(23)17(20-15(21)24)7-4-5-8-17;/h12H,4-11,18H2,1-3H3,(H,19,22)(H,20,24);1H. The Balaban J connectivity index is 0.00000312. The van der Waals surface area contributed by atoms with Crippen LogP contribution < -0.4 is 16.4 Å². The number of rotatable bonds is 7. The fraction of sp³-hybridized carbons (Fsp3) is 0.824. The lowest BCUT2D eigenvalue weighted by atomic mass is 9.90. The van der Waals surface area contributed by atoms with E-state index in [1.165, 1.54) is 4.90 Å². The molecule has 1 saturated heterocycles. The van der Waals surface area contributed by atoms with E-state index in [0.717, 1.165) is 19.3 Å². The molecule has 1 spiro atoms. The van der Waals surface area contributed by atoms with Gasteiger partial charge in [0.25, 0.3) is 5.91 Å². The number of nitrogens with one attached hydrogen (secondary N) is 2. The lowest BCUT2D eigenvalue weighted by Crippen LogP contribution is -2.52. The van der Waals surface area contributed by atoms with Crippen LogP contribution in [0, 0.1) is 5.92 Å². The summed E-state index contributed by atoms with van der Waals surface area (Å²) in [4.78, 5) is 38.1. The molecule has 0 radical (unpaired) electrons. The number of halogens is 1. The Labute approximate surface area is 155 Å². The first-order valence-corrected chi connectivity index (χ1v) is 8.86. The molecule has 1 heterocycles. The van der Waals surface area contributed by atoms with E-state index in [4.69, 9.17) is 5.73 Å². The molecule has 8 heteroatoms. The third-order valence-corrected chi connectivity index (χ3v) is 5.02. The number of hydrogen-bond donors (Lipinski definition) is 3. The molecule has 1 atom stereocenters. The summed E-state index contributed by atoms with van der Waals surface area (Å²) < 4.78 is 0. The van der Waals surface area contributed by atoms with Gasteiger partial charge in [-0.05, 0) is 32.1 Å². The molecule has 2 aliphatic rings. The van der Waals surface area contributed by atoms with E-state index in [1.54, 1.807) is 0 Å². The first kappa shape index (κ1) is 21.7. The molecule has 0 aromatic rings. The molecule has 0 bridgehead atoms. The van der Waals surface area contributed by atoms with Crippen molar-refractivity contribution in [2.45, 2.75) is 70.4 Å². The Morgan fingerprint density at radius 1 is 1.36 bits per heavy atom. The lowest BCUT2D eigenvalue weighted by Gasteiger charge is -2.31. The average Bonchev–Trinajstić information content (AvgIpc) is 3.03. The Morgan fingerprint density at radius 2 is 1.96 bits per heavy atom. The minimum Gasteiger partial charge on any atom is -0.350 e. The molecular weight excluding hydrogens is 344 g/mol. The molecule has 4 amide bonds. The second-order valence-corrected chi connectivity index (χ2v) is 7.84. The van der Waals surface area contributed by atoms with Crippen LogP contribution in [-0.4, -0.2) is 46.9 Å². The summed E-state index contributed by atoms with van der Waals surface area (Å²) in [5, 5.41) is 5.78. The number of hydrogen-bond acceptors (Lipinski definition) is 4. The van der Waals surface area contributed by atoms with Crippen LogP contribution in [0.4, 0.5) is 4.79 Å². The predicted molar refractivity (Wildman–Crippen MR) is 98.4 cm³/mol. The Hall–Kier alpha value is -1.34. The van der Waals surface area contributed by atoms with Crippen molar-refractivity contribution in [3.63, 3.8) is 0 Å². The third kappa shape index (κ3) is 4.85. The smallest absolute Gasteiger partial charge is 0.325 e. The van der Waals surface area contributed by atoms with Crippen molar-refractivity contribution in [2.24, 2.45) is 11.7 Å². The summed E-state index contributed by atoms with van der Waals surface area (Å²) in [6.07, 6.45) is 4.17. The van der Waals surface area contributed by atoms with E-state index >= 15 is 0 Å². The summed E-state index contributed by atoms with van der Waals surface area (Å²) in [5.74, 6) is 0.0464. The highest BCUT2D eigenvalue weighted by Gasteiger charge is 2.52. The van der Waals surface area contributed by atoms with Gasteiger partial charge >= 0.3 is 6.03 Å². The molecule has 2 rings (SSSR count). The van der Waals surface area contributed by atoms with E-state index in [1.807, 2.05) is 6.92 Å². The molecule has 0 aromatic heterocycles. The molecule has 25 heavy (non-hydrogen) atoms. The SMILES string of the molecule is CC(C)CC(C)(CN)NC(=O)CCN1C(=O)NC2(CCCC2)C1=O.Cl. The van der Waals surface area contributed by atoms with Crippen LogP contribution in [0.25, 0.3) is 0 Å². The molecule has 1 unspecified atom stereocenters. The second-order valence-electron chi connectivity index (χ2n) is 7.84. The molecule has 1 aliphatic carbocycles. The first-order chi connectivity index (χ1) is 11.2. The van der Waals surface area contributed by atoms with Gasteiger partial charge in [-0.2, -0.15) is 0 Å². The van der Waals surface area contributed by atoms with Crippen LogP contribution in [-0.2, 0) is 9.59 Å². The van der Waals surface area contributed by atoms with Crippen molar-refractivity contribution in [1.29, 1.82) is 0 Å². The zero-order valence-corrected chi connectivity index (χ0v) is 16.2. The maximum atomic E-state index is 12.5. The van der Waals surface area contributed by atoms with E-state index in [9.17, 15) is 14.4 Å². The molecule has 144 valence electrons. The molecule has 7 nitrogen and oxygen atoms in total. The van der Waals surface area contributed by atoms with Crippen LogP contribution in [0.1, 0.15) is 59.3 Å². The van der Waals surface area contributed by atoms with Crippen LogP contribution in [0.15, 0.2) is 0 Å². The van der Waals surface area contributed by atoms with Crippen molar-refractivity contribution >= 4 is 30.3 Å². The minimum absolute atomic E-state index is 0. The van der Waals surface area contributed by atoms with Crippen molar-refractivity contribution in [3.05, 3.63) is 0 Å². The predicted octanol–water partition coefficient (Wildman–Crippen LogP) is 1.54. The largest absolute Gasteiger partial charge is 0.350 e. The van der Waals surface area contributed by atoms with Crippen LogP contribution in [0.5, 0.6) is 0 Å². The monoisotopic (exact) mass is 374 g/mol. The van der Waals surface area contributed by atoms with Gasteiger partial charge in [-0.3, -0.25) is 14.5 Å². The minimum atomic E-state index is -0.711. The Bertz CT molecular complexity index is 520. The number of imide groups is 1. The number of nitrogens with zero attached hydrogens (tertiary/aromatic N) is 1. The summed E-state index contributed by atoms with van der Waals surface area (Å²) in [6, 6.07) is -0.376. The van der Waals surface area contributed by atoms with Crippen molar-refractivity contribution < 1.29 is 14.4 Å². The third-order valence-electron chi connectivity index (χ3n) is 5.02. The number of urea groups is 1. The molecule has 0 aromatic carbocycles. The summed E-state index contributed by atoms with van der Waals surface area (Å²) in [5.41, 5.74) is 4.63. The summed E-state index contributed by atoms with van der Waals surface area (Å²) in [7, 11) is 0. The maximum Gasteiger partial charge on any atom is 0.325 e. The Morgan fingerprint density at radius 3 is 2.48 bits per heavy atom. The quantitative estimate of drug-likeness (QED) is 0.588. The van der Waals surface area contributed by atoms with Crippen LogP contribution in [0.3, 0.4) is 0 Å². The summed E-state index contributed by atoms with van der Waals surface area (Å²) in [6.45, 7) is 6.54. The van der Waals surface area contributed by atoms with Crippen LogP contribution >= 0.6 is 12.4 Å². The first-order valence-electron chi connectivity index (χ1n) is 8.86. The lowest BCUT2D eigenvalue weighted by molar-refractivity contribution is -0.131. The fourth-order valence-corrected chi connectivity index (χ4v) is 3.90. The van der Waals surface area contributed by atoms with Gasteiger partial charge in [0.05, 0.1) is 0 Å². The van der Waals surface area contributed by atoms with Gasteiger partial charge in [0.2, 0.25) is 5.91 Å². The van der Waals surface area contributed by atoms with Gasteiger partial charge in [0, 0.05) is 25.0 Å². The highest BCUT2D eigenvalue weighted by molar-refractivity contribution is 6.07. The number of carbonyl (C=O) groups excluding carboxylic acids is 3. The average molecular weight is 375 g/mol. The zero-order chi connectivity index (χ0) is 18.0. The van der Waals surface area contributed by atoms with Gasteiger partial charge < -0.3 is 16.4 Å². The number of amides is 4. The molecule has 4 N–H and O–H groups in total. The van der Waals surface area contributed by atoms with E-state index < -0.39 is 11.1 Å². The zero-order valence-electron chi connectivity index (χ0n) is 15.4. The van der Waals surface area contributed by atoms with Gasteiger partial charge in [-0.25, -0.2) is 4.79 Å². The normalized spacial score (nSPS) is 21.2. The highest BCUT2D eigenvalue weighted by atomic mass is 35.5. The van der Waals surface area contributed by atoms with E-state index in [2.05, 4.69) is 24.5 Å². The van der Waals surface area contributed by atoms with E-state index in [-0.39, 0.29) is 43.2 Å². The van der Waals surface area contributed by atoms with E-state index in [0.29, 0.717) is 25.3 Å². The fourth-order valence-electron chi connectivity index (χ4n) is 3.90. The summed E-state index contributed by atoms with van der Waals surface area (Å²) >= 11 is 0. The molecular formula is C17H31ClN4O3. The van der Waals surface area contributed by atoms with Gasteiger partial charge in [0.15, 0.2) is 0 Å². The van der Waals surface area contributed by atoms with Gasteiger partial charge in [-0.1, -0.05) is 26.7 Å². The van der Waals surface area contributed by atoms with Crippen molar-refractivity contribution in [2.75, 3.05) is 13.1 Å². The van der Waals surface area contributed by atoms with Crippen molar-refractivity contribution in [1.82, 2.24) is 15.5 Å². The number of carbonyl (C=O) groups is 3. The maximum absolute atomic E-state index is 12.5.